The average Bonchev–Trinajstić information content (AvgIpc) is 2.38. The molecule has 0 aromatic heterocycles. The Bertz CT molecular complexity index is 351. The van der Waals surface area contributed by atoms with E-state index in [0.29, 0.717) is 0 Å². The molecule has 0 bridgehead atoms. The summed E-state index contributed by atoms with van der Waals surface area (Å²) in [5, 5.41) is 0. The summed E-state index contributed by atoms with van der Waals surface area (Å²) >= 11 is 0. The lowest BCUT2D eigenvalue weighted by molar-refractivity contribution is -0.884. The Labute approximate surface area is 125 Å². The number of rotatable bonds is 10. The molecule has 0 atom stereocenters. The molecule has 0 unspecified atom stereocenters. The smallest absolute Gasteiger partial charge is 0.119 e. The van der Waals surface area contributed by atoms with Gasteiger partial charge < -0.3 is 9.22 Å². The molecule has 2 nitrogen and oxygen atoms in total. The van der Waals surface area contributed by atoms with Crippen molar-refractivity contribution >= 4 is 0 Å². The van der Waals surface area contributed by atoms with Crippen LogP contribution in [0, 0.1) is 0 Å². The van der Waals surface area contributed by atoms with Crippen molar-refractivity contribution < 1.29 is 9.22 Å². The summed E-state index contributed by atoms with van der Waals surface area (Å²) < 4.78 is 6.75. The lowest BCUT2D eigenvalue weighted by atomic mass is 10.1. The van der Waals surface area contributed by atoms with Crippen LogP contribution in [0.1, 0.15) is 51.0 Å². The minimum absolute atomic E-state index is 0.848. The van der Waals surface area contributed by atoms with Gasteiger partial charge in [-0.1, -0.05) is 39.0 Å². The highest BCUT2D eigenvalue weighted by atomic mass is 16.5. The van der Waals surface area contributed by atoms with E-state index in [1.54, 1.807) is 0 Å². The molecule has 0 saturated carbocycles. The van der Waals surface area contributed by atoms with Crippen LogP contribution in [-0.2, 0) is 6.54 Å². The Kier molecular flexibility index (Phi) is 7.68. The molecule has 20 heavy (non-hydrogen) atoms. The van der Waals surface area contributed by atoms with Crippen LogP contribution in [0.4, 0.5) is 0 Å². The molecule has 0 aliphatic carbocycles. The zero-order chi connectivity index (χ0) is 14.8. The van der Waals surface area contributed by atoms with Crippen LogP contribution in [0.5, 0.6) is 5.75 Å². The van der Waals surface area contributed by atoms with E-state index in [4.69, 9.17) is 4.74 Å². The van der Waals surface area contributed by atoms with E-state index in [-0.39, 0.29) is 0 Å². The van der Waals surface area contributed by atoms with Crippen LogP contribution in [0.3, 0.4) is 0 Å². The van der Waals surface area contributed by atoms with Gasteiger partial charge in [0, 0.05) is 5.56 Å². The van der Waals surface area contributed by atoms with E-state index < -0.39 is 0 Å². The van der Waals surface area contributed by atoms with Crippen LogP contribution in [0.2, 0.25) is 0 Å². The van der Waals surface area contributed by atoms with E-state index in [0.717, 1.165) is 23.4 Å². The Morgan fingerprint density at radius 1 is 0.850 bits per heavy atom. The van der Waals surface area contributed by atoms with Crippen LogP contribution >= 0.6 is 0 Å². The summed E-state index contributed by atoms with van der Waals surface area (Å²) in [5.74, 6) is 1.00. The van der Waals surface area contributed by atoms with Gasteiger partial charge in [0.2, 0.25) is 0 Å². The van der Waals surface area contributed by atoms with Gasteiger partial charge in [-0.2, -0.15) is 0 Å². The van der Waals surface area contributed by atoms with Crippen molar-refractivity contribution in [2.75, 3.05) is 27.7 Å². The summed E-state index contributed by atoms with van der Waals surface area (Å²) in [6.45, 7) is 4.16. The first-order valence-electron chi connectivity index (χ1n) is 8.03. The number of unbranched alkanes of at least 4 members (excludes halogenated alkanes) is 5. The monoisotopic (exact) mass is 278 g/mol. The highest BCUT2D eigenvalue weighted by Gasteiger charge is 2.08. The second kappa shape index (κ2) is 9.02. The maximum atomic E-state index is 5.79. The molecule has 1 aromatic carbocycles. The molecule has 0 aliphatic heterocycles. The van der Waals surface area contributed by atoms with Gasteiger partial charge in [0.05, 0.1) is 27.7 Å². The molecule has 0 radical (unpaired) electrons. The van der Waals surface area contributed by atoms with Gasteiger partial charge in [0.1, 0.15) is 12.3 Å². The molecule has 0 fully saturated rings. The van der Waals surface area contributed by atoms with Crippen molar-refractivity contribution in [3.05, 3.63) is 29.8 Å². The number of benzene rings is 1. The van der Waals surface area contributed by atoms with Gasteiger partial charge in [0.15, 0.2) is 0 Å². The quantitative estimate of drug-likeness (QED) is 0.448. The summed E-state index contributed by atoms with van der Waals surface area (Å²) in [5.41, 5.74) is 1.37. The molecule has 0 aliphatic rings. The Balaban J connectivity index is 2.18. The van der Waals surface area contributed by atoms with Gasteiger partial charge in [-0.25, -0.2) is 0 Å². The van der Waals surface area contributed by atoms with Gasteiger partial charge in [-0.3, -0.25) is 0 Å². The minimum Gasteiger partial charge on any atom is -0.494 e. The highest BCUT2D eigenvalue weighted by Crippen LogP contribution is 2.15. The second-order valence-corrected chi connectivity index (χ2v) is 6.71. The third kappa shape index (κ3) is 8.21. The second-order valence-electron chi connectivity index (χ2n) is 6.71. The molecule has 1 rings (SSSR count). The third-order valence-electron chi connectivity index (χ3n) is 3.35. The Hall–Kier alpha value is -1.02. The standard InChI is InChI=1S/C18H32NO/c1-5-6-7-8-9-10-15-20-18-13-11-17(12-14-18)16-19(2,3)4/h11-14H,5-10,15-16H2,1-4H3/q+1. The van der Waals surface area contributed by atoms with Crippen LogP contribution in [0.15, 0.2) is 24.3 Å². The van der Waals surface area contributed by atoms with Gasteiger partial charge in [-0.15, -0.1) is 0 Å². The van der Waals surface area contributed by atoms with Gasteiger partial charge >= 0.3 is 0 Å². The first-order chi connectivity index (χ1) is 9.51. The fraction of sp³-hybridized carbons (Fsp3) is 0.667. The molecular formula is C18H32NO+. The predicted molar refractivity (Wildman–Crippen MR) is 87.0 cm³/mol. The van der Waals surface area contributed by atoms with Crippen LogP contribution in [-0.4, -0.2) is 32.2 Å². The van der Waals surface area contributed by atoms with Crippen molar-refractivity contribution in [1.29, 1.82) is 0 Å². The van der Waals surface area contributed by atoms with E-state index in [9.17, 15) is 0 Å². The maximum Gasteiger partial charge on any atom is 0.119 e. The number of hydrogen-bond donors (Lipinski definition) is 0. The van der Waals surface area contributed by atoms with Gasteiger partial charge in [-0.05, 0) is 30.7 Å². The first-order valence-corrected chi connectivity index (χ1v) is 8.03. The minimum atomic E-state index is 0.848. The Morgan fingerprint density at radius 2 is 1.45 bits per heavy atom. The Morgan fingerprint density at radius 3 is 2.05 bits per heavy atom. The van der Waals surface area contributed by atoms with Crippen molar-refractivity contribution in [1.82, 2.24) is 0 Å². The fourth-order valence-electron chi connectivity index (χ4n) is 2.31. The number of nitrogens with zero attached hydrogens (tertiary/aromatic N) is 1. The zero-order valence-corrected chi connectivity index (χ0v) is 13.8. The molecule has 1 aromatic rings. The molecule has 0 amide bonds. The van der Waals surface area contributed by atoms with Crippen molar-refractivity contribution in [2.24, 2.45) is 0 Å². The SMILES string of the molecule is CCCCCCCCOc1ccc(C[N+](C)(C)C)cc1. The number of hydrogen-bond acceptors (Lipinski definition) is 1. The van der Waals surface area contributed by atoms with Crippen molar-refractivity contribution in [2.45, 2.75) is 52.0 Å². The van der Waals surface area contributed by atoms with E-state index in [1.807, 2.05) is 0 Å². The van der Waals surface area contributed by atoms with E-state index in [2.05, 4.69) is 52.3 Å². The molecule has 0 N–H and O–H groups in total. The van der Waals surface area contributed by atoms with E-state index >= 15 is 0 Å². The summed E-state index contributed by atoms with van der Waals surface area (Å²) in [4.78, 5) is 0. The number of quaternary nitrogens is 1. The largest absolute Gasteiger partial charge is 0.494 e. The predicted octanol–water partition coefficient (Wildman–Crippen LogP) is 4.63. The summed E-state index contributed by atoms with van der Waals surface area (Å²) in [6, 6.07) is 8.56. The lowest BCUT2D eigenvalue weighted by Crippen LogP contribution is -2.33. The van der Waals surface area contributed by atoms with Crippen molar-refractivity contribution in [3.8, 4) is 5.75 Å². The molecule has 0 saturated heterocycles. The topological polar surface area (TPSA) is 9.23 Å². The molecule has 0 heterocycles. The first kappa shape index (κ1) is 17.0. The zero-order valence-electron chi connectivity index (χ0n) is 13.8. The average molecular weight is 278 g/mol. The normalized spacial score (nSPS) is 11.6. The molecule has 114 valence electrons. The third-order valence-corrected chi connectivity index (χ3v) is 3.35. The lowest BCUT2D eigenvalue weighted by Gasteiger charge is -2.23. The molecule has 0 spiro atoms. The molecular weight excluding hydrogens is 246 g/mol. The summed E-state index contributed by atoms with van der Waals surface area (Å²) in [6.07, 6.45) is 7.87. The van der Waals surface area contributed by atoms with Gasteiger partial charge in [0.25, 0.3) is 0 Å². The molecule has 2 heteroatoms. The fourth-order valence-corrected chi connectivity index (χ4v) is 2.31. The van der Waals surface area contributed by atoms with Crippen LogP contribution < -0.4 is 4.74 Å². The highest BCUT2D eigenvalue weighted by molar-refractivity contribution is 5.26. The number of ether oxygens (including phenoxy) is 1. The maximum absolute atomic E-state index is 5.79. The van der Waals surface area contributed by atoms with Crippen LogP contribution in [0.25, 0.3) is 0 Å². The summed E-state index contributed by atoms with van der Waals surface area (Å²) in [7, 11) is 6.63. The van der Waals surface area contributed by atoms with Crippen molar-refractivity contribution in [3.63, 3.8) is 0 Å². The van der Waals surface area contributed by atoms with E-state index in [1.165, 1.54) is 44.1 Å².